The summed E-state index contributed by atoms with van der Waals surface area (Å²) in [5.41, 5.74) is 2.80. The highest BCUT2D eigenvalue weighted by Gasteiger charge is 2.12. The van der Waals surface area contributed by atoms with Gasteiger partial charge < -0.3 is 4.57 Å². The molecule has 3 rings (SSSR count). The van der Waals surface area contributed by atoms with Crippen molar-refractivity contribution in [1.29, 1.82) is 0 Å². The van der Waals surface area contributed by atoms with E-state index in [-0.39, 0.29) is 0 Å². The third-order valence-electron chi connectivity index (χ3n) is 2.64. The molecule has 0 aliphatic carbocycles. The Morgan fingerprint density at radius 3 is 2.94 bits per heavy atom. The van der Waals surface area contributed by atoms with Crippen LogP contribution >= 0.6 is 15.9 Å². The first-order valence-corrected chi connectivity index (χ1v) is 5.92. The Bertz CT molecular complexity index is 676. The van der Waals surface area contributed by atoms with Gasteiger partial charge in [-0.1, -0.05) is 0 Å². The van der Waals surface area contributed by atoms with Gasteiger partial charge in [-0.25, -0.2) is 9.97 Å². The molecule has 3 aromatic heterocycles. The summed E-state index contributed by atoms with van der Waals surface area (Å²) in [6.07, 6.45) is 7.12. The molecule has 0 atom stereocenters. The molecule has 0 amide bonds. The molecule has 0 spiro atoms. The maximum absolute atomic E-state index is 4.36. The van der Waals surface area contributed by atoms with Crippen molar-refractivity contribution in [2.75, 3.05) is 0 Å². The first-order valence-electron chi connectivity index (χ1n) is 5.13. The molecule has 0 radical (unpaired) electrons. The average molecular weight is 289 g/mol. The van der Waals surface area contributed by atoms with Gasteiger partial charge in [-0.15, -0.1) is 0 Å². The summed E-state index contributed by atoms with van der Waals surface area (Å²) >= 11 is 3.54. The van der Waals surface area contributed by atoms with E-state index in [4.69, 9.17) is 0 Å². The van der Waals surface area contributed by atoms with E-state index in [2.05, 4.69) is 30.9 Å². The van der Waals surface area contributed by atoms with Gasteiger partial charge in [0.1, 0.15) is 12.0 Å². The maximum Gasteiger partial charge on any atom is 0.144 e. The zero-order chi connectivity index (χ0) is 11.8. The number of aryl methyl sites for hydroxylation is 1. The number of pyridine rings is 1. The zero-order valence-corrected chi connectivity index (χ0v) is 10.7. The second-order valence-corrected chi connectivity index (χ2v) is 4.60. The number of fused-ring (bicyclic) bond motifs is 1. The lowest BCUT2D eigenvalue weighted by Gasteiger charge is -2.02. The van der Waals surface area contributed by atoms with Crippen molar-refractivity contribution < 1.29 is 0 Å². The Kier molecular flexibility index (Phi) is 2.40. The molecule has 0 aromatic carbocycles. The van der Waals surface area contributed by atoms with E-state index in [0.29, 0.717) is 0 Å². The van der Waals surface area contributed by atoms with E-state index in [1.807, 2.05) is 29.9 Å². The molecular weight excluding hydrogens is 280 g/mol. The van der Waals surface area contributed by atoms with Gasteiger partial charge in [-0.2, -0.15) is 0 Å². The molecule has 0 unspecified atom stereocenters. The van der Waals surface area contributed by atoms with Crippen molar-refractivity contribution in [3.05, 3.63) is 41.5 Å². The minimum atomic E-state index is 0.899. The number of rotatable bonds is 1. The van der Waals surface area contributed by atoms with Crippen LogP contribution in [0.1, 0.15) is 0 Å². The number of hydrogen-bond acceptors (Lipinski definition) is 3. The minimum Gasteiger partial charge on any atom is -0.334 e. The van der Waals surface area contributed by atoms with Gasteiger partial charge in [-0.3, -0.25) is 4.98 Å². The molecule has 0 fully saturated rings. The highest BCUT2D eigenvalue weighted by atomic mass is 79.9. The molecule has 3 heterocycles. The molecule has 5 heteroatoms. The van der Waals surface area contributed by atoms with Crippen LogP contribution in [0.15, 0.2) is 41.5 Å². The Balaban J connectivity index is 2.38. The molecule has 0 saturated heterocycles. The Morgan fingerprint density at radius 2 is 2.18 bits per heavy atom. The summed E-state index contributed by atoms with van der Waals surface area (Å²) in [6.45, 7) is 0. The van der Waals surface area contributed by atoms with Crippen molar-refractivity contribution in [1.82, 2.24) is 19.5 Å². The van der Waals surface area contributed by atoms with E-state index in [9.17, 15) is 0 Å². The lowest BCUT2D eigenvalue weighted by atomic mass is 10.1. The van der Waals surface area contributed by atoms with Crippen LogP contribution in [0.25, 0.3) is 22.3 Å². The fourth-order valence-electron chi connectivity index (χ4n) is 1.88. The summed E-state index contributed by atoms with van der Waals surface area (Å²) in [6, 6.07) is 3.90. The van der Waals surface area contributed by atoms with Crippen molar-refractivity contribution >= 4 is 27.0 Å². The lowest BCUT2D eigenvalue weighted by Crippen LogP contribution is -1.91. The summed E-state index contributed by atoms with van der Waals surface area (Å²) < 4.78 is 2.97. The third kappa shape index (κ3) is 1.63. The maximum atomic E-state index is 4.36. The molecule has 0 saturated carbocycles. The Morgan fingerprint density at radius 1 is 1.29 bits per heavy atom. The fraction of sp³-hybridized carbons (Fsp3) is 0.0833. The van der Waals surface area contributed by atoms with Gasteiger partial charge in [-0.05, 0) is 28.1 Å². The largest absolute Gasteiger partial charge is 0.334 e. The van der Waals surface area contributed by atoms with E-state index < -0.39 is 0 Å². The second-order valence-electron chi connectivity index (χ2n) is 3.75. The van der Waals surface area contributed by atoms with Gasteiger partial charge >= 0.3 is 0 Å². The predicted octanol–water partition coefficient (Wildman–Crippen LogP) is 2.79. The van der Waals surface area contributed by atoms with Gasteiger partial charge in [0.2, 0.25) is 0 Å². The van der Waals surface area contributed by atoms with Gasteiger partial charge in [0.25, 0.3) is 0 Å². The van der Waals surface area contributed by atoms with Crippen molar-refractivity contribution in [2.24, 2.45) is 7.05 Å². The number of hydrogen-bond donors (Lipinski definition) is 0. The van der Waals surface area contributed by atoms with Crippen molar-refractivity contribution in [3.8, 4) is 11.3 Å². The van der Waals surface area contributed by atoms with E-state index >= 15 is 0 Å². The molecule has 4 nitrogen and oxygen atoms in total. The molecule has 0 bridgehead atoms. The van der Waals surface area contributed by atoms with Gasteiger partial charge in [0, 0.05) is 35.7 Å². The average Bonchev–Trinajstić information content (AvgIpc) is 2.66. The zero-order valence-electron chi connectivity index (χ0n) is 9.13. The van der Waals surface area contributed by atoms with E-state index in [1.54, 1.807) is 18.7 Å². The van der Waals surface area contributed by atoms with Crippen LogP contribution < -0.4 is 0 Å². The van der Waals surface area contributed by atoms with Crippen LogP contribution in [0.3, 0.4) is 0 Å². The standard InChI is InChI=1S/C12H9BrN4/c1-17-6-9(13)10-11(15-7-16-12(10)17)8-3-2-4-14-5-8/h2-7H,1H3. The first-order chi connectivity index (χ1) is 8.27. The van der Waals surface area contributed by atoms with Gasteiger partial charge in [0.05, 0.1) is 11.1 Å². The SMILES string of the molecule is Cn1cc(Br)c2c(-c3cccnc3)ncnc21. The van der Waals surface area contributed by atoms with Crippen LogP contribution in [0, 0.1) is 0 Å². The van der Waals surface area contributed by atoms with Crippen LogP contribution in [-0.2, 0) is 7.05 Å². The number of nitrogens with zero attached hydrogens (tertiary/aromatic N) is 4. The highest BCUT2D eigenvalue weighted by molar-refractivity contribution is 9.10. The predicted molar refractivity (Wildman–Crippen MR) is 69.4 cm³/mol. The van der Waals surface area contributed by atoms with E-state index in [1.165, 1.54) is 0 Å². The Labute approximate surface area is 106 Å². The smallest absolute Gasteiger partial charge is 0.144 e. The highest BCUT2D eigenvalue weighted by Crippen LogP contribution is 2.31. The molecule has 0 aliphatic rings. The fourth-order valence-corrected chi connectivity index (χ4v) is 2.55. The molecular formula is C12H9BrN4. The summed E-state index contributed by atoms with van der Waals surface area (Å²) in [5, 5.41) is 1.02. The molecule has 0 N–H and O–H groups in total. The first kappa shape index (κ1) is 10.4. The quantitative estimate of drug-likeness (QED) is 0.692. The topological polar surface area (TPSA) is 43.6 Å². The normalized spacial score (nSPS) is 10.9. The van der Waals surface area contributed by atoms with E-state index in [0.717, 1.165) is 26.8 Å². The molecule has 84 valence electrons. The molecule has 0 aliphatic heterocycles. The van der Waals surface area contributed by atoms with Crippen molar-refractivity contribution in [3.63, 3.8) is 0 Å². The number of halogens is 1. The lowest BCUT2D eigenvalue weighted by molar-refractivity contribution is 0.942. The third-order valence-corrected chi connectivity index (χ3v) is 3.24. The summed E-state index contributed by atoms with van der Waals surface area (Å²) in [5.74, 6) is 0. The summed E-state index contributed by atoms with van der Waals surface area (Å²) in [7, 11) is 1.97. The van der Waals surface area contributed by atoms with Gasteiger partial charge in [0.15, 0.2) is 0 Å². The van der Waals surface area contributed by atoms with Crippen molar-refractivity contribution in [2.45, 2.75) is 0 Å². The summed E-state index contributed by atoms with van der Waals surface area (Å²) in [4.78, 5) is 12.8. The van der Waals surface area contributed by atoms with Crippen LogP contribution in [0.2, 0.25) is 0 Å². The minimum absolute atomic E-state index is 0.899. The van der Waals surface area contributed by atoms with Crippen LogP contribution in [0.5, 0.6) is 0 Å². The molecule has 3 aromatic rings. The van der Waals surface area contributed by atoms with Crippen LogP contribution in [0.4, 0.5) is 0 Å². The number of aromatic nitrogens is 4. The van der Waals surface area contributed by atoms with Crippen LogP contribution in [-0.4, -0.2) is 19.5 Å². The Hall–Kier alpha value is -1.75. The molecule has 17 heavy (non-hydrogen) atoms. The second kappa shape index (κ2) is 3.92. The monoisotopic (exact) mass is 288 g/mol.